The van der Waals surface area contributed by atoms with E-state index in [0.717, 1.165) is 32.0 Å². The normalized spacial score (nSPS) is 18.4. The minimum absolute atomic E-state index is 0.161. The fraction of sp³-hybridized carbons (Fsp3) is 0.500. The number of hydrogen-bond donors (Lipinski definition) is 1. The Balaban J connectivity index is 2.31. The highest BCUT2D eigenvalue weighted by Crippen LogP contribution is 2.35. The molecule has 1 heterocycles. The van der Waals surface area contributed by atoms with Crippen LogP contribution in [0.1, 0.15) is 29.9 Å². The van der Waals surface area contributed by atoms with Gasteiger partial charge in [0.15, 0.2) is 0 Å². The van der Waals surface area contributed by atoms with Crippen LogP contribution in [0.4, 0.5) is 13.2 Å². The highest BCUT2D eigenvalue weighted by Gasteiger charge is 2.31. The molecule has 0 bridgehead atoms. The second-order valence-corrected chi connectivity index (χ2v) is 4.73. The van der Waals surface area contributed by atoms with Crippen LogP contribution >= 0.6 is 11.6 Å². The van der Waals surface area contributed by atoms with Gasteiger partial charge in [-0.05, 0) is 55.6 Å². The van der Waals surface area contributed by atoms with Gasteiger partial charge in [0, 0.05) is 5.02 Å². The summed E-state index contributed by atoms with van der Waals surface area (Å²) in [6.07, 6.45) is -2.61. The first kappa shape index (κ1) is 12.7. The predicted molar refractivity (Wildman–Crippen MR) is 61.3 cm³/mol. The maximum Gasteiger partial charge on any atom is 0.416 e. The van der Waals surface area contributed by atoms with E-state index < -0.39 is 11.7 Å². The lowest BCUT2D eigenvalue weighted by Crippen LogP contribution is -2.26. The molecule has 1 saturated heterocycles. The minimum Gasteiger partial charge on any atom is -0.317 e. The molecule has 17 heavy (non-hydrogen) atoms. The molecule has 1 N–H and O–H groups in total. The Bertz CT molecular complexity index is 397. The lowest BCUT2D eigenvalue weighted by atomic mass is 9.89. The summed E-state index contributed by atoms with van der Waals surface area (Å²) in [5, 5.41) is 3.35. The summed E-state index contributed by atoms with van der Waals surface area (Å²) in [5.74, 6) is 0.177. The molecule has 0 spiro atoms. The summed E-state index contributed by atoms with van der Waals surface area (Å²) in [6.45, 7) is 1.69. The average Bonchev–Trinajstić information content (AvgIpc) is 2.28. The summed E-state index contributed by atoms with van der Waals surface area (Å²) in [4.78, 5) is 0. The van der Waals surface area contributed by atoms with Gasteiger partial charge in [0.05, 0.1) is 5.56 Å². The molecule has 2 rings (SSSR count). The van der Waals surface area contributed by atoms with E-state index in [9.17, 15) is 13.2 Å². The molecule has 5 heteroatoms. The molecule has 1 aliphatic rings. The van der Waals surface area contributed by atoms with Gasteiger partial charge in [-0.3, -0.25) is 0 Å². The first-order valence-corrected chi connectivity index (χ1v) is 5.93. The van der Waals surface area contributed by atoms with Crippen LogP contribution in [-0.4, -0.2) is 13.1 Å². The van der Waals surface area contributed by atoms with E-state index >= 15 is 0 Å². The molecule has 0 aromatic heterocycles. The standard InChI is InChI=1S/C12H13ClF3N/c13-11-6-9(8-1-3-17-4-2-8)5-10(7-11)12(14,15)16/h5-8,17H,1-4H2. The smallest absolute Gasteiger partial charge is 0.317 e. The predicted octanol–water partition coefficient (Wildman–Crippen LogP) is 3.83. The van der Waals surface area contributed by atoms with Crippen molar-refractivity contribution in [2.24, 2.45) is 0 Å². The molecule has 0 aliphatic carbocycles. The lowest BCUT2D eigenvalue weighted by molar-refractivity contribution is -0.137. The van der Waals surface area contributed by atoms with Crippen LogP contribution in [0.25, 0.3) is 0 Å². The van der Waals surface area contributed by atoms with E-state index in [1.165, 1.54) is 6.07 Å². The summed E-state index contributed by atoms with van der Waals surface area (Å²) in [7, 11) is 0. The Morgan fingerprint density at radius 1 is 1.12 bits per heavy atom. The molecule has 1 fully saturated rings. The zero-order valence-corrected chi connectivity index (χ0v) is 9.91. The van der Waals surface area contributed by atoms with Crippen LogP contribution in [0.2, 0.25) is 5.02 Å². The topological polar surface area (TPSA) is 12.0 Å². The number of rotatable bonds is 1. The SMILES string of the molecule is FC(F)(F)c1cc(Cl)cc(C2CCNCC2)c1. The Morgan fingerprint density at radius 3 is 2.35 bits per heavy atom. The number of piperidine rings is 1. The zero-order valence-electron chi connectivity index (χ0n) is 9.15. The van der Waals surface area contributed by atoms with Gasteiger partial charge >= 0.3 is 6.18 Å². The van der Waals surface area contributed by atoms with Gasteiger partial charge in [-0.2, -0.15) is 13.2 Å². The number of nitrogens with one attached hydrogen (secondary N) is 1. The third kappa shape index (κ3) is 3.13. The molecule has 0 atom stereocenters. The van der Waals surface area contributed by atoms with Gasteiger partial charge in [0.2, 0.25) is 0 Å². The van der Waals surface area contributed by atoms with Crippen LogP contribution in [-0.2, 0) is 6.18 Å². The highest BCUT2D eigenvalue weighted by atomic mass is 35.5. The lowest BCUT2D eigenvalue weighted by Gasteiger charge is -2.24. The summed E-state index contributed by atoms with van der Waals surface area (Å²) < 4.78 is 37.9. The third-order valence-corrected chi connectivity index (χ3v) is 3.28. The fourth-order valence-corrected chi connectivity index (χ4v) is 2.41. The van der Waals surface area contributed by atoms with Crippen LogP contribution in [0, 0.1) is 0 Å². The van der Waals surface area contributed by atoms with Crippen molar-refractivity contribution in [2.45, 2.75) is 24.9 Å². The summed E-state index contributed by atoms with van der Waals surface area (Å²) in [6, 6.07) is 3.85. The van der Waals surface area contributed by atoms with E-state index in [-0.39, 0.29) is 10.9 Å². The summed E-state index contributed by atoms with van der Waals surface area (Å²) >= 11 is 5.76. The highest BCUT2D eigenvalue weighted by molar-refractivity contribution is 6.30. The van der Waals surface area contributed by atoms with Gasteiger partial charge in [0.25, 0.3) is 0 Å². The van der Waals surface area contributed by atoms with Crippen LogP contribution in [0.5, 0.6) is 0 Å². The molecular formula is C12H13ClF3N. The van der Waals surface area contributed by atoms with E-state index in [1.807, 2.05) is 0 Å². The van der Waals surface area contributed by atoms with Gasteiger partial charge in [-0.15, -0.1) is 0 Å². The summed E-state index contributed by atoms with van der Waals surface area (Å²) in [5.41, 5.74) is 0.0462. The van der Waals surface area contributed by atoms with E-state index in [4.69, 9.17) is 11.6 Å². The fourth-order valence-electron chi connectivity index (χ4n) is 2.17. The molecule has 94 valence electrons. The zero-order chi connectivity index (χ0) is 12.5. The van der Waals surface area contributed by atoms with Crippen molar-refractivity contribution in [2.75, 3.05) is 13.1 Å². The number of benzene rings is 1. The van der Waals surface area contributed by atoms with Gasteiger partial charge in [-0.25, -0.2) is 0 Å². The first-order valence-electron chi connectivity index (χ1n) is 5.55. The molecule has 0 amide bonds. The van der Waals surface area contributed by atoms with Crippen molar-refractivity contribution in [1.82, 2.24) is 5.32 Å². The molecule has 1 aliphatic heterocycles. The number of halogens is 4. The molecule has 0 saturated carbocycles. The molecular weight excluding hydrogens is 251 g/mol. The molecule has 1 aromatic carbocycles. The van der Waals surface area contributed by atoms with E-state index in [1.54, 1.807) is 6.07 Å². The Labute approximate surface area is 103 Å². The van der Waals surface area contributed by atoms with E-state index in [2.05, 4.69) is 5.32 Å². The molecule has 1 aromatic rings. The van der Waals surface area contributed by atoms with Gasteiger partial charge in [-0.1, -0.05) is 11.6 Å². The second kappa shape index (κ2) is 4.86. The largest absolute Gasteiger partial charge is 0.416 e. The molecule has 0 radical (unpaired) electrons. The average molecular weight is 264 g/mol. The van der Waals surface area contributed by atoms with Crippen molar-refractivity contribution < 1.29 is 13.2 Å². The van der Waals surface area contributed by atoms with Crippen molar-refractivity contribution in [3.63, 3.8) is 0 Å². The molecule has 0 unspecified atom stereocenters. The van der Waals surface area contributed by atoms with E-state index in [0.29, 0.717) is 5.56 Å². The van der Waals surface area contributed by atoms with Crippen molar-refractivity contribution in [3.8, 4) is 0 Å². The monoisotopic (exact) mass is 263 g/mol. The minimum atomic E-state index is -4.33. The number of hydrogen-bond acceptors (Lipinski definition) is 1. The Hall–Kier alpha value is -0.740. The molecule has 1 nitrogen and oxygen atoms in total. The third-order valence-electron chi connectivity index (χ3n) is 3.06. The maximum absolute atomic E-state index is 12.6. The number of alkyl halides is 3. The van der Waals surface area contributed by atoms with Crippen LogP contribution in [0.15, 0.2) is 18.2 Å². The van der Waals surface area contributed by atoms with Crippen molar-refractivity contribution >= 4 is 11.6 Å². The van der Waals surface area contributed by atoms with Crippen LogP contribution in [0.3, 0.4) is 0 Å². The Kier molecular flexibility index (Phi) is 3.64. The maximum atomic E-state index is 12.6. The second-order valence-electron chi connectivity index (χ2n) is 4.30. The Morgan fingerprint density at radius 2 is 1.76 bits per heavy atom. The quantitative estimate of drug-likeness (QED) is 0.812. The van der Waals surface area contributed by atoms with Crippen molar-refractivity contribution in [3.05, 3.63) is 34.3 Å². The van der Waals surface area contributed by atoms with Crippen LogP contribution < -0.4 is 5.32 Å². The van der Waals surface area contributed by atoms with Gasteiger partial charge < -0.3 is 5.32 Å². The van der Waals surface area contributed by atoms with Crippen molar-refractivity contribution in [1.29, 1.82) is 0 Å². The van der Waals surface area contributed by atoms with Gasteiger partial charge in [0.1, 0.15) is 0 Å². The first-order chi connectivity index (χ1) is 7.97.